The molecule has 0 unspecified atom stereocenters. The van der Waals surface area contributed by atoms with Crippen molar-refractivity contribution in [3.63, 3.8) is 0 Å². The highest BCUT2D eigenvalue weighted by atomic mass is 79.9. The zero-order chi connectivity index (χ0) is 20.5. The van der Waals surface area contributed by atoms with Gasteiger partial charge < -0.3 is 4.74 Å². The average Bonchev–Trinajstić information content (AvgIpc) is 2.56. The molecule has 0 amide bonds. The lowest BCUT2D eigenvalue weighted by molar-refractivity contribution is -0.274. The standard InChI is InChI=1S/C18H19BrF3NO3S/c1-4-17(2,3)12-5-8-14(9-6-12)27(24,25)23-15-10-7-13(19)11-16(15)26-18(20,21)22/h5-11,23H,4H2,1-3H3. The van der Waals surface area contributed by atoms with E-state index in [1.807, 2.05) is 20.8 Å². The second kappa shape index (κ2) is 7.71. The number of rotatable bonds is 6. The summed E-state index contributed by atoms with van der Waals surface area (Å²) in [5, 5.41) is 0. The molecule has 0 aliphatic heterocycles. The van der Waals surface area contributed by atoms with Gasteiger partial charge in [-0.3, -0.25) is 4.72 Å². The molecule has 0 aromatic heterocycles. The number of hydrogen-bond acceptors (Lipinski definition) is 3. The first kappa shape index (κ1) is 21.6. The van der Waals surface area contributed by atoms with E-state index in [0.717, 1.165) is 18.1 Å². The Kier molecular flexibility index (Phi) is 6.16. The Balaban J connectivity index is 2.34. The van der Waals surface area contributed by atoms with Gasteiger partial charge in [-0.2, -0.15) is 0 Å². The van der Waals surface area contributed by atoms with Crippen molar-refractivity contribution >= 4 is 31.6 Å². The van der Waals surface area contributed by atoms with Gasteiger partial charge in [-0.25, -0.2) is 8.42 Å². The van der Waals surface area contributed by atoms with E-state index in [1.54, 1.807) is 12.1 Å². The highest BCUT2D eigenvalue weighted by Crippen LogP contribution is 2.34. The minimum absolute atomic E-state index is 0.0565. The van der Waals surface area contributed by atoms with E-state index in [1.165, 1.54) is 24.3 Å². The number of hydrogen-bond donors (Lipinski definition) is 1. The smallest absolute Gasteiger partial charge is 0.403 e. The van der Waals surface area contributed by atoms with Gasteiger partial charge >= 0.3 is 6.36 Å². The molecule has 0 spiro atoms. The molecule has 0 bridgehead atoms. The molecular formula is C18H19BrF3NO3S. The highest BCUT2D eigenvalue weighted by Gasteiger charge is 2.33. The third-order valence-corrected chi connectivity index (χ3v) is 6.12. The number of anilines is 1. The number of benzene rings is 2. The summed E-state index contributed by atoms with van der Waals surface area (Å²) in [5.41, 5.74) is 0.539. The van der Waals surface area contributed by atoms with E-state index < -0.39 is 22.1 Å². The maximum absolute atomic E-state index is 12.6. The van der Waals surface area contributed by atoms with Crippen molar-refractivity contribution in [1.82, 2.24) is 0 Å². The Bertz CT molecular complexity index is 910. The van der Waals surface area contributed by atoms with Crippen molar-refractivity contribution in [2.24, 2.45) is 0 Å². The van der Waals surface area contributed by atoms with Crippen molar-refractivity contribution < 1.29 is 26.3 Å². The van der Waals surface area contributed by atoms with Crippen LogP contribution in [0.15, 0.2) is 51.8 Å². The molecule has 0 saturated carbocycles. The summed E-state index contributed by atoms with van der Waals surface area (Å²) in [7, 11) is -4.09. The van der Waals surface area contributed by atoms with Gasteiger partial charge in [0.25, 0.3) is 10.0 Å². The van der Waals surface area contributed by atoms with Crippen LogP contribution in [0, 0.1) is 0 Å². The normalized spacial score (nSPS) is 12.7. The van der Waals surface area contributed by atoms with Crippen LogP contribution in [0.3, 0.4) is 0 Å². The van der Waals surface area contributed by atoms with Crippen LogP contribution < -0.4 is 9.46 Å². The highest BCUT2D eigenvalue weighted by molar-refractivity contribution is 9.10. The lowest BCUT2D eigenvalue weighted by atomic mass is 9.82. The Morgan fingerprint density at radius 2 is 1.67 bits per heavy atom. The summed E-state index contributed by atoms with van der Waals surface area (Å²) >= 11 is 3.04. The molecule has 27 heavy (non-hydrogen) atoms. The Morgan fingerprint density at radius 3 is 2.19 bits per heavy atom. The van der Waals surface area contributed by atoms with E-state index in [0.29, 0.717) is 4.47 Å². The molecule has 0 fully saturated rings. The first-order valence-corrected chi connectivity index (χ1v) is 10.3. The van der Waals surface area contributed by atoms with Crippen LogP contribution in [-0.4, -0.2) is 14.8 Å². The zero-order valence-corrected chi connectivity index (χ0v) is 17.3. The molecule has 2 aromatic carbocycles. The van der Waals surface area contributed by atoms with Gasteiger partial charge in [0, 0.05) is 4.47 Å². The predicted octanol–water partition coefficient (Wildman–Crippen LogP) is 5.84. The second-order valence-corrected chi connectivity index (χ2v) is 9.15. The van der Waals surface area contributed by atoms with Gasteiger partial charge in [0.1, 0.15) is 0 Å². The number of alkyl halides is 3. The first-order chi connectivity index (χ1) is 12.3. The minimum atomic E-state index is -4.95. The number of sulfonamides is 1. The Hall–Kier alpha value is -1.74. The van der Waals surface area contributed by atoms with Gasteiger partial charge in [0.2, 0.25) is 0 Å². The molecule has 0 saturated heterocycles. The molecule has 1 N–H and O–H groups in total. The van der Waals surface area contributed by atoms with Crippen LogP contribution in [0.25, 0.3) is 0 Å². The van der Waals surface area contributed by atoms with Gasteiger partial charge in [0.05, 0.1) is 10.6 Å². The largest absolute Gasteiger partial charge is 0.573 e. The third kappa shape index (κ3) is 5.62. The monoisotopic (exact) mass is 465 g/mol. The first-order valence-electron chi connectivity index (χ1n) is 8.03. The summed E-state index contributed by atoms with van der Waals surface area (Å²) in [6, 6.07) is 9.90. The molecule has 2 rings (SSSR count). The van der Waals surface area contributed by atoms with Crippen LogP contribution in [0.2, 0.25) is 0 Å². The maximum atomic E-state index is 12.6. The fraction of sp³-hybridized carbons (Fsp3) is 0.333. The van der Waals surface area contributed by atoms with Crippen molar-refractivity contribution in [3.05, 3.63) is 52.5 Å². The fourth-order valence-corrected chi connectivity index (χ4v) is 3.69. The van der Waals surface area contributed by atoms with Gasteiger partial charge in [-0.1, -0.05) is 48.8 Å². The fourth-order valence-electron chi connectivity index (χ4n) is 2.28. The Morgan fingerprint density at radius 1 is 1.07 bits per heavy atom. The van der Waals surface area contributed by atoms with Crippen LogP contribution in [0.4, 0.5) is 18.9 Å². The molecule has 0 radical (unpaired) electrons. The quantitative estimate of drug-likeness (QED) is 0.583. The van der Waals surface area contributed by atoms with E-state index >= 15 is 0 Å². The molecule has 0 heterocycles. The lowest BCUT2D eigenvalue weighted by Crippen LogP contribution is -2.20. The van der Waals surface area contributed by atoms with Gasteiger partial charge in [-0.05, 0) is 47.7 Å². The van der Waals surface area contributed by atoms with E-state index in [4.69, 9.17) is 0 Å². The summed E-state index contributed by atoms with van der Waals surface area (Å²) in [6.07, 6.45) is -4.08. The molecule has 2 aromatic rings. The molecule has 0 aliphatic rings. The Labute approximate surface area is 164 Å². The predicted molar refractivity (Wildman–Crippen MR) is 101 cm³/mol. The van der Waals surface area contributed by atoms with E-state index in [-0.39, 0.29) is 16.0 Å². The number of nitrogens with one attached hydrogen (secondary N) is 1. The van der Waals surface area contributed by atoms with Gasteiger partial charge in [-0.15, -0.1) is 13.2 Å². The lowest BCUT2D eigenvalue weighted by Gasteiger charge is -2.23. The van der Waals surface area contributed by atoms with Crippen LogP contribution in [0.1, 0.15) is 32.8 Å². The molecule has 0 aliphatic carbocycles. The molecule has 0 atom stereocenters. The third-order valence-electron chi connectivity index (χ3n) is 4.24. The van der Waals surface area contributed by atoms with Crippen LogP contribution in [-0.2, 0) is 15.4 Å². The number of ether oxygens (including phenoxy) is 1. The van der Waals surface area contributed by atoms with Gasteiger partial charge in [0.15, 0.2) is 5.75 Å². The summed E-state index contributed by atoms with van der Waals surface area (Å²) in [4.78, 5) is -0.0565. The van der Waals surface area contributed by atoms with Crippen molar-refractivity contribution in [1.29, 1.82) is 0 Å². The summed E-state index contributed by atoms with van der Waals surface area (Å²) in [6.45, 7) is 6.11. The average molecular weight is 466 g/mol. The molecule has 4 nitrogen and oxygen atoms in total. The summed E-state index contributed by atoms with van der Waals surface area (Å²) in [5.74, 6) is -0.649. The van der Waals surface area contributed by atoms with E-state index in [9.17, 15) is 21.6 Å². The maximum Gasteiger partial charge on any atom is 0.573 e. The summed E-state index contributed by atoms with van der Waals surface area (Å²) < 4.78 is 69.3. The van der Waals surface area contributed by atoms with Crippen molar-refractivity contribution in [2.75, 3.05) is 4.72 Å². The van der Waals surface area contributed by atoms with E-state index in [2.05, 4.69) is 25.4 Å². The van der Waals surface area contributed by atoms with Crippen molar-refractivity contribution in [2.45, 2.75) is 43.9 Å². The second-order valence-electron chi connectivity index (χ2n) is 6.56. The molecule has 148 valence electrons. The van der Waals surface area contributed by atoms with Crippen LogP contribution in [0.5, 0.6) is 5.75 Å². The number of halogens is 4. The zero-order valence-electron chi connectivity index (χ0n) is 14.9. The van der Waals surface area contributed by atoms with Crippen molar-refractivity contribution in [3.8, 4) is 5.75 Å². The topological polar surface area (TPSA) is 55.4 Å². The SMILES string of the molecule is CCC(C)(C)c1ccc(S(=O)(=O)Nc2ccc(Br)cc2OC(F)(F)F)cc1. The minimum Gasteiger partial charge on any atom is -0.403 e. The molecule has 9 heteroatoms. The van der Waals surface area contributed by atoms with Crippen LogP contribution >= 0.6 is 15.9 Å². The molecular weight excluding hydrogens is 447 g/mol.